The summed E-state index contributed by atoms with van der Waals surface area (Å²) in [5.74, 6) is -0.356. The zero-order valence-corrected chi connectivity index (χ0v) is 17.4. The summed E-state index contributed by atoms with van der Waals surface area (Å²) in [6, 6.07) is 22.2. The van der Waals surface area contributed by atoms with Gasteiger partial charge in [0.2, 0.25) is 10.0 Å². The number of carboxylic acids is 1. The van der Waals surface area contributed by atoms with E-state index in [2.05, 4.69) is 0 Å². The van der Waals surface area contributed by atoms with Crippen LogP contribution in [0.15, 0.2) is 83.8 Å². The summed E-state index contributed by atoms with van der Waals surface area (Å²) in [5, 5.41) is 9.06. The largest absolute Gasteiger partial charge is 0.497 e. The molecule has 30 heavy (non-hydrogen) atoms. The summed E-state index contributed by atoms with van der Waals surface area (Å²) < 4.78 is 33.2. The lowest BCUT2D eigenvalue weighted by atomic mass is 10.1. The number of rotatable bonds is 9. The van der Waals surface area contributed by atoms with Gasteiger partial charge in [0.1, 0.15) is 5.75 Å². The molecule has 3 rings (SSSR count). The summed E-state index contributed by atoms with van der Waals surface area (Å²) in [4.78, 5) is 11.1. The van der Waals surface area contributed by atoms with E-state index in [1.807, 2.05) is 54.6 Å². The van der Waals surface area contributed by atoms with E-state index in [1.54, 1.807) is 7.11 Å². The van der Waals surface area contributed by atoms with Gasteiger partial charge in [-0.15, -0.1) is 0 Å². The molecule has 0 radical (unpaired) electrons. The van der Waals surface area contributed by atoms with Gasteiger partial charge >= 0.3 is 5.97 Å². The van der Waals surface area contributed by atoms with E-state index in [0.29, 0.717) is 6.42 Å². The van der Waals surface area contributed by atoms with Crippen LogP contribution in [0.5, 0.6) is 5.75 Å². The molecule has 0 amide bonds. The third-order valence-corrected chi connectivity index (χ3v) is 6.61. The summed E-state index contributed by atoms with van der Waals surface area (Å²) >= 11 is 0. The highest BCUT2D eigenvalue weighted by molar-refractivity contribution is 7.89. The monoisotopic (exact) mass is 425 g/mol. The molecule has 156 valence electrons. The Morgan fingerprint density at radius 2 is 1.53 bits per heavy atom. The van der Waals surface area contributed by atoms with Crippen LogP contribution in [0.3, 0.4) is 0 Å². The van der Waals surface area contributed by atoms with Crippen LogP contribution in [0.25, 0.3) is 0 Å². The molecule has 0 spiro atoms. The minimum Gasteiger partial charge on any atom is -0.497 e. The van der Waals surface area contributed by atoms with E-state index < -0.39 is 16.0 Å². The highest BCUT2D eigenvalue weighted by atomic mass is 32.2. The quantitative estimate of drug-likeness (QED) is 0.563. The van der Waals surface area contributed by atoms with Gasteiger partial charge in [0.05, 0.1) is 17.6 Å². The summed E-state index contributed by atoms with van der Waals surface area (Å²) in [6.07, 6.45) is 0.531. The summed E-state index contributed by atoms with van der Waals surface area (Å²) in [7, 11) is -2.21. The maximum atomic E-state index is 13.3. The number of ether oxygens (including phenoxy) is 1. The van der Waals surface area contributed by atoms with Crippen molar-refractivity contribution in [1.29, 1.82) is 0 Å². The number of carbonyl (C=O) groups is 1. The molecule has 3 aromatic rings. The fourth-order valence-electron chi connectivity index (χ4n) is 3.04. The molecule has 1 N–H and O–H groups in total. The third-order valence-electron chi connectivity index (χ3n) is 4.75. The molecule has 0 saturated heterocycles. The minimum atomic E-state index is -3.81. The summed E-state index contributed by atoms with van der Waals surface area (Å²) in [6.45, 7) is 0.504. The maximum absolute atomic E-state index is 13.3. The zero-order valence-electron chi connectivity index (χ0n) is 16.6. The average Bonchev–Trinajstić information content (AvgIpc) is 2.77. The van der Waals surface area contributed by atoms with Gasteiger partial charge in [-0.05, 0) is 53.9 Å². The lowest BCUT2D eigenvalue weighted by molar-refractivity contribution is 0.0696. The molecule has 0 bridgehead atoms. The Morgan fingerprint density at radius 1 is 0.900 bits per heavy atom. The smallest absolute Gasteiger partial charge is 0.335 e. The Balaban J connectivity index is 1.86. The predicted molar refractivity (Wildman–Crippen MR) is 114 cm³/mol. The van der Waals surface area contributed by atoms with Crippen molar-refractivity contribution in [3.8, 4) is 5.75 Å². The van der Waals surface area contributed by atoms with Crippen LogP contribution in [0.1, 0.15) is 21.5 Å². The molecule has 6 nitrogen and oxygen atoms in total. The first-order chi connectivity index (χ1) is 14.4. The van der Waals surface area contributed by atoms with Crippen molar-refractivity contribution in [1.82, 2.24) is 4.31 Å². The second kappa shape index (κ2) is 9.56. The standard InChI is InChI=1S/C23H23NO5S/c1-29-21-11-7-18(8-12-21)15-16-24(17-19-5-3-2-4-6-19)30(27,28)22-13-9-20(10-14-22)23(25)26/h2-14H,15-17H2,1H3,(H,25,26). The number of hydrogen-bond acceptors (Lipinski definition) is 4. The van der Waals surface area contributed by atoms with Crippen LogP contribution in [-0.4, -0.2) is 37.5 Å². The number of benzene rings is 3. The highest BCUT2D eigenvalue weighted by Crippen LogP contribution is 2.21. The van der Waals surface area contributed by atoms with E-state index in [4.69, 9.17) is 9.84 Å². The van der Waals surface area contributed by atoms with Crippen LogP contribution in [0.2, 0.25) is 0 Å². The highest BCUT2D eigenvalue weighted by Gasteiger charge is 2.25. The van der Waals surface area contributed by atoms with Gasteiger partial charge < -0.3 is 9.84 Å². The topological polar surface area (TPSA) is 83.9 Å². The molecule has 0 aliphatic carbocycles. The van der Waals surface area contributed by atoms with Crippen LogP contribution >= 0.6 is 0 Å². The van der Waals surface area contributed by atoms with E-state index in [9.17, 15) is 13.2 Å². The Hall–Kier alpha value is -3.16. The maximum Gasteiger partial charge on any atom is 0.335 e. The van der Waals surface area contributed by atoms with Gasteiger partial charge in [0.15, 0.2) is 0 Å². The van der Waals surface area contributed by atoms with E-state index in [1.165, 1.54) is 28.6 Å². The van der Waals surface area contributed by atoms with Crippen molar-refractivity contribution in [3.05, 3.63) is 95.6 Å². The first-order valence-corrected chi connectivity index (χ1v) is 10.8. The van der Waals surface area contributed by atoms with Crippen LogP contribution in [-0.2, 0) is 23.0 Å². The predicted octanol–water partition coefficient (Wildman–Crippen LogP) is 3.83. The van der Waals surface area contributed by atoms with Crippen molar-refractivity contribution >= 4 is 16.0 Å². The van der Waals surface area contributed by atoms with Gasteiger partial charge in [-0.2, -0.15) is 4.31 Å². The molecule has 0 saturated carbocycles. The number of aromatic carboxylic acids is 1. The van der Waals surface area contributed by atoms with Crippen LogP contribution in [0, 0.1) is 0 Å². The van der Waals surface area contributed by atoms with Crippen molar-refractivity contribution < 1.29 is 23.1 Å². The lowest BCUT2D eigenvalue weighted by Gasteiger charge is -2.22. The first-order valence-electron chi connectivity index (χ1n) is 9.40. The second-order valence-electron chi connectivity index (χ2n) is 6.75. The van der Waals surface area contributed by atoms with E-state index in [-0.39, 0.29) is 23.5 Å². The number of carboxylic acid groups (broad SMARTS) is 1. The molecule has 0 aliphatic heterocycles. The molecule has 0 atom stereocenters. The lowest BCUT2D eigenvalue weighted by Crippen LogP contribution is -2.32. The van der Waals surface area contributed by atoms with Gasteiger partial charge in [-0.3, -0.25) is 0 Å². The van der Waals surface area contributed by atoms with Gasteiger partial charge in [-0.1, -0.05) is 42.5 Å². The number of methoxy groups -OCH3 is 1. The van der Waals surface area contributed by atoms with Crippen LogP contribution < -0.4 is 4.74 Å². The van der Waals surface area contributed by atoms with Crippen molar-refractivity contribution in [2.75, 3.05) is 13.7 Å². The van der Waals surface area contributed by atoms with Gasteiger partial charge in [-0.25, -0.2) is 13.2 Å². The molecule has 0 fully saturated rings. The molecule has 0 heterocycles. The fourth-order valence-corrected chi connectivity index (χ4v) is 4.46. The van der Waals surface area contributed by atoms with Gasteiger partial charge in [0, 0.05) is 13.1 Å². The molecule has 7 heteroatoms. The molecule has 0 aliphatic rings. The number of hydrogen-bond donors (Lipinski definition) is 1. The molecular formula is C23H23NO5S. The number of sulfonamides is 1. The minimum absolute atomic E-state index is 0.0433. The van der Waals surface area contributed by atoms with Crippen molar-refractivity contribution in [2.24, 2.45) is 0 Å². The third kappa shape index (κ3) is 5.25. The SMILES string of the molecule is COc1ccc(CCN(Cc2ccccc2)S(=O)(=O)c2ccc(C(=O)O)cc2)cc1. The molecule has 3 aromatic carbocycles. The zero-order chi connectivity index (χ0) is 21.6. The molecular weight excluding hydrogens is 402 g/mol. The number of nitrogens with zero attached hydrogens (tertiary/aromatic N) is 1. The Bertz CT molecular complexity index is 1080. The normalized spacial score (nSPS) is 11.4. The van der Waals surface area contributed by atoms with Crippen LogP contribution in [0.4, 0.5) is 0 Å². The summed E-state index contributed by atoms with van der Waals surface area (Å²) in [5.41, 5.74) is 1.91. The molecule has 0 aromatic heterocycles. The second-order valence-corrected chi connectivity index (χ2v) is 8.69. The Labute approximate surface area is 176 Å². The fraction of sp³-hybridized carbons (Fsp3) is 0.174. The van der Waals surface area contributed by atoms with E-state index in [0.717, 1.165) is 16.9 Å². The Kier molecular flexibility index (Phi) is 6.87. The van der Waals surface area contributed by atoms with Gasteiger partial charge in [0.25, 0.3) is 0 Å². The first kappa shape index (κ1) is 21.5. The van der Waals surface area contributed by atoms with Crippen molar-refractivity contribution in [3.63, 3.8) is 0 Å². The average molecular weight is 426 g/mol. The van der Waals surface area contributed by atoms with Crippen molar-refractivity contribution in [2.45, 2.75) is 17.9 Å². The Morgan fingerprint density at radius 3 is 2.10 bits per heavy atom. The molecule has 0 unspecified atom stereocenters. The van der Waals surface area contributed by atoms with E-state index >= 15 is 0 Å².